The minimum atomic E-state index is -3.49. The van der Waals surface area contributed by atoms with E-state index in [2.05, 4.69) is 0 Å². The number of amides is 3. The van der Waals surface area contributed by atoms with Crippen LogP contribution in [0.15, 0.2) is 23.6 Å². The molecule has 0 radical (unpaired) electrons. The number of sulfonamides is 1. The van der Waals surface area contributed by atoms with Crippen molar-refractivity contribution in [3.8, 4) is 0 Å². The van der Waals surface area contributed by atoms with E-state index in [4.69, 9.17) is 0 Å². The Balaban J connectivity index is 0.000000231. The molecule has 23 heavy (non-hydrogen) atoms. The topological polar surface area (TPSA) is 91.8 Å². The van der Waals surface area contributed by atoms with Crippen molar-refractivity contribution in [1.82, 2.24) is 9.21 Å². The Morgan fingerprint density at radius 1 is 0.739 bits per heavy atom. The van der Waals surface area contributed by atoms with Crippen LogP contribution in [0.1, 0.15) is 41.5 Å². The van der Waals surface area contributed by atoms with Gasteiger partial charge in [0.15, 0.2) is 0 Å². The number of carbonyl (C=O) groups excluding carboxylic acids is 3. The second-order valence-corrected chi connectivity index (χ2v) is 8.80. The fraction of sp³-hybridized carbons (Fsp3) is 0.533. The van der Waals surface area contributed by atoms with Crippen LogP contribution in [-0.2, 0) is 24.4 Å². The lowest BCUT2D eigenvalue weighted by Gasteiger charge is -2.29. The van der Waals surface area contributed by atoms with Crippen LogP contribution < -0.4 is 0 Å². The monoisotopic (exact) mass is 342 g/mol. The van der Waals surface area contributed by atoms with Gasteiger partial charge >= 0.3 is 0 Å². The molecule has 0 aromatic heterocycles. The SMILES string of the molecule is CC(C)(C)N1C(=O)C=CC1=O.CC(C)(C)N1C(=O)C=CS1(=O)=O. The fourth-order valence-electron chi connectivity index (χ4n) is 2.17. The average Bonchev–Trinajstić information content (AvgIpc) is 2.77. The Hall–Kier alpha value is -1.96. The smallest absolute Gasteiger partial charge is 0.261 e. The third kappa shape index (κ3) is 4.28. The lowest BCUT2D eigenvalue weighted by molar-refractivity contribution is -0.142. The number of hydrogen-bond acceptors (Lipinski definition) is 5. The first-order valence-corrected chi connectivity index (χ1v) is 8.52. The molecule has 2 heterocycles. The quantitative estimate of drug-likeness (QED) is 0.616. The number of imide groups is 1. The predicted octanol–water partition coefficient (Wildman–Crippen LogP) is 1.18. The molecule has 0 saturated heterocycles. The maximum atomic E-state index is 11.2. The normalized spacial score (nSPS) is 20.2. The summed E-state index contributed by atoms with van der Waals surface area (Å²) < 4.78 is 23.3. The van der Waals surface area contributed by atoms with Gasteiger partial charge in [-0.2, -0.15) is 0 Å². The zero-order valence-electron chi connectivity index (χ0n) is 14.2. The first kappa shape index (κ1) is 19.1. The van der Waals surface area contributed by atoms with Crippen LogP contribution in [0.5, 0.6) is 0 Å². The number of hydrogen-bond donors (Lipinski definition) is 0. The summed E-state index contributed by atoms with van der Waals surface area (Å²) in [4.78, 5) is 34.4. The van der Waals surface area contributed by atoms with Gasteiger partial charge in [-0.1, -0.05) is 0 Å². The molecule has 0 aliphatic carbocycles. The third-order valence-electron chi connectivity index (χ3n) is 2.93. The molecule has 0 atom stereocenters. The summed E-state index contributed by atoms with van der Waals surface area (Å²) in [5, 5.41) is 0.931. The van der Waals surface area contributed by atoms with E-state index >= 15 is 0 Å². The second-order valence-electron chi connectivity index (χ2n) is 7.14. The number of nitrogens with zero attached hydrogens (tertiary/aromatic N) is 2. The summed E-state index contributed by atoms with van der Waals surface area (Å²) in [5.74, 6) is -0.910. The van der Waals surface area contributed by atoms with E-state index in [0.29, 0.717) is 0 Å². The lowest BCUT2D eigenvalue weighted by Crippen LogP contribution is -2.45. The predicted molar refractivity (Wildman–Crippen MR) is 85.4 cm³/mol. The highest BCUT2D eigenvalue weighted by Crippen LogP contribution is 2.23. The van der Waals surface area contributed by atoms with Gasteiger partial charge in [0, 0.05) is 23.8 Å². The maximum Gasteiger partial charge on any atom is 0.261 e. The fourth-order valence-corrected chi connectivity index (χ4v) is 3.66. The Kier molecular flexibility index (Phi) is 4.91. The van der Waals surface area contributed by atoms with Gasteiger partial charge in [0.2, 0.25) is 0 Å². The minimum absolute atomic E-state index is 0.220. The number of rotatable bonds is 0. The molecule has 2 rings (SSSR count). The summed E-state index contributed by atoms with van der Waals surface area (Å²) in [7, 11) is -3.49. The van der Waals surface area contributed by atoms with E-state index in [1.165, 1.54) is 17.1 Å². The standard InChI is InChI=1S/C8H11NO2.C7H11NO3S/c1-8(2,3)9-6(10)4-5-7(9)11;1-7(2,3)8-6(9)4-5-12(8,10)11/h4-5H,1-3H3;4-5H,1-3H3. The van der Waals surface area contributed by atoms with Gasteiger partial charge in [0.1, 0.15) is 0 Å². The van der Waals surface area contributed by atoms with Crippen LogP contribution in [0.2, 0.25) is 0 Å². The maximum absolute atomic E-state index is 11.2. The van der Waals surface area contributed by atoms with Gasteiger partial charge in [0.05, 0.1) is 10.9 Å². The van der Waals surface area contributed by atoms with Crippen molar-refractivity contribution in [2.24, 2.45) is 0 Å². The van der Waals surface area contributed by atoms with E-state index in [1.807, 2.05) is 20.8 Å². The largest absolute Gasteiger partial charge is 0.270 e. The molecule has 0 spiro atoms. The molecule has 2 aliphatic heterocycles. The molecule has 0 saturated carbocycles. The zero-order chi connectivity index (χ0) is 18.2. The first-order valence-electron chi connectivity index (χ1n) is 7.01. The highest BCUT2D eigenvalue weighted by Gasteiger charge is 2.38. The highest BCUT2D eigenvalue weighted by molar-refractivity contribution is 7.93. The van der Waals surface area contributed by atoms with Crippen LogP contribution in [0.4, 0.5) is 0 Å². The summed E-state index contributed by atoms with van der Waals surface area (Å²) in [6, 6.07) is 0. The van der Waals surface area contributed by atoms with Gasteiger partial charge in [-0.25, -0.2) is 12.7 Å². The van der Waals surface area contributed by atoms with Gasteiger partial charge in [-0.3, -0.25) is 19.3 Å². The molecule has 3 amide bonds. The van der Waals surface area contributed by atoms with Crippen molar-refractivity contribution >= 4 is 27.7 Å². The van der Waals surface area contributed by atoms with Crippen molar-refractivity contribution in [2.45, 2.75) is 52.6 Å². The Morgan fingerprint density at radius 2 is 1.17 bits per heavy atom. The Morgan fingerprint density at radius 3 is 1.35 bits per heavy atom. The van der Waals surface area contributed by atoms with Gasteiger partial charge in [-0.05, 0) is 41.5 Å². The van der Waals surface area contributed by atoms with Gasteiger partial charge in [0.25, 0.3) is 27.7 Å². The average molecular weight is 342 g/mol. The van der Waals surface area contributed by atoms with Crippen LogP contribution in [-0.4, -0.2) is 46.4 Å². The van der Waals surface area contributed by atoms with Crippen molar-refractivity contribution < 1.29 is 22.8 Å². The molecule has 0 aromatic carbocycles. The van der Waals surface area contributed by atoms with Crippen LogP contribution in [0.25, 0.3) is 0 Å². The number of carbonyl (C=O) groups is 3. The summed E-state index contributed by atoms with van der Waals surface area (Å²) in [5.41, 5.74) is -1.09. The zero-order valence-corrected chi connectivity index (χ0v) is 15.0. The summed E-state index contributed by atoms with van der Waals surface area (Å²) in [6.07, 6.45) is 3.67. The van der Waals surface area contributed by atoms with Crippen LogP contribution in [0.3, 0.4) is 0 Å². The van der Waals surface area contributed by atoms with E-state index < -0.39 is 27.0 Å². The molecule has 0 aromatic rings. The summed E-state index contributed by atoms with van der Waals surface area (Å²) >= 11 is 0. The first-order chi connectivity index (χ1) is 10.2. The van der Waals surface area contributed by atoms with E-state index in [1.54, 1.807) is 20.8 Å². The van der Waals surface area contributed by atoms with Crippen molar-refractivity contribution in [1.29, 1.82) is 0 Å². The molecule has 2 aliphatic rings. The van der Waals surface area contributed by atoms with Gasteiger partial charge < -0.3 is 0 Å². The minimum Gasteiger partial charge on any atom is -0.270 e. The van der Waals surface area contributed by atoms with Crippen molar-refractivity contribution in [3.63, 3.8) is 0 Å². The molecule has 7 nitrogen and oxygen atoms in total. The van der Waals surface area contributed by atoms with Crippen LogP contribution in [0, 0.1) is 0 Å². The molecule has 8 heteroatoms. The lowest BCUT2D eigenvalue weighted by atomic mass is 10.1. The molecular weight excluding hydrogens is 320 g/mol. The van der Waals surface area contributed by atoms with Crippen LogP contribution >= 0.6 is 0 Å². The highest BCUT2D eigenvalue weighted by atomic mass is 32.2. The van der Waals surface area contributed by atoms with Gasteiger partial charge in [-0.15, -0.1) is 0 Å². The molecular formula is C15H22N2O5S. The molecule has 0 unspecified atom stereocenters. The van der Waals surface area contributed by atoms with E-state index in [-0.39, 0.29) is 11.8 Å². The van der Waals surface area contributed by atoms with Crippen molar-refractivity contribution in [3.05, 3.63) is 23.6 Å². The molecule has 0 fully saturated rings. The molecule has 0 N–H and O–H groups in total. The molecule has 0 bridgehead atoms. The van der Waals surface area contributed by atoms with E-state index in [0.717, 1.165) is 15.8 Å². The summed E-state index contributed by atoms with van der Waals surface area (Å²) in [6.45, 7) is 10.5. The second kappa shape index (κ2) is 5.92. The Labute approximate surface area is 136 Å². The molecule has 128 valence electrons. The third-order valence-corrected chi connectivity index (χ3v) is 4.64. The Bertz CT molecular complexity index is 672. The van der Waals surface area contributed by atoms with E-state index in [9.17, 15) is 22.8 Å². The van der Waals surface area contributed by atoms with Crippen molar-refractivity contribution in [2.75, 3.05) is 0 Å².